The maximum atomic E-state index is 12.8. The molecule has 9 heteroatoms. The first kappa shape index (κ1) is 23.7. The minimum Gasteiger partial charge on any atom is -0.489 e. The van der Waals surface area contributed by atoms with E-state index in [0.29, 0.717) is 16.3 Å². The lowest BCUT2D eigenvalue weighted by atomic mass is 10.1. The van der Waals surface area contributed by atoms with Gasteiger partial charge in [-0.2, -0.15) is 13.2 Å². The molecular weight excluding hydrogens is 467 g/mol. The van der Waals surface area contributed by atoms with Gasteiger partial charge in [-0.05, 0) is 35.9 Å². The molecule has 1 heterocycles. The van der Waals surface area contributed by atoms with E-state index in [1.807, 2.05) is 18.2 Å². The van der Waals surface area contributed by atoms with Crippen LogP contribution in [0, 0.1) is 0 Å². The number of carboxylic acid groups (broad SMARTS) is 1. The van der Waals surface area contributed by atoms with E-state index in [1.165, 1.54) is 30.6 Å². The van der Waals surface area contributed by atoms with Crippen molar-refractivity contribution >= 4 is 27.5 Å². The largest absolute Gasteiger partial charge is 0.489 e. The highest BCUT2D eigenvalue weighted by Gasteiger charge is 2.30. The Morgan fingerprint density at radius 3 is 2.38 bits per heavy atom. The van der Waals surface area contributed by atoms with Crippen molar-refractivity contribution in [1.82, 2.24) is 4.98 Å². The van der Waals surface area contributed by atoms with Gasteiger partial charge in [0.05, 0.1) is 15.8 Å². The summed E-state index contributed by atoms with van der Waals surface area (Å²) < 4.78 is 50.3. The van der Waals surface area contributed by atoms with Gasteiger partial charge in [0.15, 0.2) is 6.10 Å². The van der Waals surface area contributed by atoms with Crippen molar-refractivity contribution in [3.05, 3.63) is 83.4 Å². The maximum absolute atomic E-state index is 12.8. The van der Waals surface area contributed by atoms with Crippen LogP contribution in [0.25, 0.3) is 20.8 Å². The molecule has 0 saturated heterocycles. The molecule has 0 amide bonds. The number of carboxylic acids is 1. The predicted molar refractivity (Wildman–Crippen MR) is 123 cm³/mol. The molecule has 0 aliphatic heterocycles. The van der Waals surface area contributed by atoms with E-state index in [-0.39, 0.29) is 13.0 Å². The van der Waals surface area contributed by atoms with Gasteiger partial charge < -0.3 is 14.6 Å². The zero-order valence-corrected chi connectivity index (χ0v) is 18.8. The second-order valence-corrected chi connectivity index (χ2v) is 8.59. The summed E-state index contributed by atoms with van der Waals surface area (Å²) in [5.41, 5.74) is 2.32. The van der Waals surface area contributed by atoms with Gasteiger partial charge in [-0.1, -0.05) is 36.4 Å². The zero-order valence-electron chi connectivity index (χ0n) is 18.0. The number of halogens is 3. The Balaban J connectivity index is 1.48. The molecule has 0 saturated carbocycles. The average Bonchev–Trinajstić information content (AvgIpc) is 3.26. The Labute approximate surface area is 197 Å². The van der Waals surface area contributed by atoms with Crippen molar-refractivity contribution in [2.45, 2.75) is 25.3 Å². The number of benzene rings is 3. The van der Waals surface area contributed by atoms with Crippen molar-refractivity contribution in [3.8, 4) is 16.3 Å². The highest BCUT2D eigenvalue weighted by Crippen LogP contribution is 2.35. The van der Waals surface area contributed by atoms with Crippen LogP contribution in [0.15, 0.2) is 66.7 Å². The van der Waals surface area contributed by atoms with Gasteiger partial charge in [0.25, 0.3) is 0 Å². The van der Waals surface area contributed by atoms with Crippen molar-refractivity contribution in [2.24, 2.45) is 0 Å². The van der Waals surface area contributed by atoms with Crippen LogP contribution >= 0.6 is 11.3 Å². The van der Waals surface area contributed by atoms with Crippen LogP contribution in [0.1, 0.15) is 16.7 Å². The van der Waals surface area contributed by atoms with Gasteiger partial charge in [-0.25, -0.2) is 9.78 Å². The molecule has 0 aliphatic carbocycles. The van der Waals surface area contributed by atoms with Crippen LogP contribution in [-0.4, -0.2) is 29.3 Å². The SMILES string of the molecule is CO[C@@H](Cc1ccc(OCc2cccc3sc(-c4ccc(C(F)(F)F)cc4)nc23)cc1)C(=O)O. The summed E-state index contributed by atoms with van der Waals surface area (Å²) in [5, 5.41) is 9.74. The zero-order chi connectivity index (χ0) is 24.3. The lowest BCUT2D eigenvalue weighted by molar-refractivity contribution is -0.148. The van der Waals surface area contributed by atoms with E-state index in [0.717, 1.165) is 33.5 Å². The molecule has 0 spiro atoms. The molecule has 1 aromatic heterocycles. The van der Waals surface area contributed by atoms with Crippen molar-refractivity contribution in [2.75, 3.05) is 7.11 Å². The minimum atomic E-state index is -4.38. The maximum Gasteiger partial charge on any atom is 0.416 e. The summed E-state index contributed by atoms with van der Waals surface area (Å²) in [7, 11) is 1.36. The summed E-state index contributed by atoms with van der Waals surface area (Å²) in [4.78, 5) is 15.8. The monoisotopic (exact) mass is 487 g/mol. The van der Waals surface area contributed by atoms with Gasteiger partial charge in [-0.3, -0.25) is 0 Å². The second-order valence-electron chi connectivity index (χ2n) is 7.56. The Morgan fingerprint density at radius 1 is 1.06 bits per heavy atom. The Kier molecular flexibility index (Phi) is 6.85. The normalized spacial score (nSPS) is 12.6. The molecular formula is C25H20F3NO4S. The quantitative estimate of drug-likeness (QED) is 0.320. The van der Waals surface area contributed by atoms with Crippen LogP contribution < -0.4 is 4.74 Å². The van der Waals surface area contributed by atoms with Gasteiger partial charge in [0.2, 0.25) is 0 Å². The number of ether oxygens (including phenoxy) is 2. The number of thiazole rings is 1. The van der Waals surface area contributed by atoms with Crippen LogP contribution in [0.4, 0.5) is 13.2 Å². The van der Waals surface area contributed by atoms with Crippen molar-refractivity contribution in [3.63, 3.8) is 0 Å². The number of para-hydroxylation sites is 1. The lowest BCUT2D eigenvalue weighted by Crippen LogP contribution is -2.24. The van der Waals surface area contributed by atoms with Crippen molar-refractivity contribution in [1.29, 1.82) is 0 Å². The fourth-order valence-electron chi connectivity index (χ4n) is 3.42. The van der Waals surface area contributed by atoms with E-state index in [1.54, 1.807) is 24.3 Å². The molecule has 0 unspecified atom stereocenters. The molecule has 0 radical (unpaired) electrons. The molecule has 4 aromatic rings. The fraction of sp³-hybridized carbons (Fsp3) is 0.200. The first-order valence-corrected chi connectivity index (χ1v) is 11.1. The van der Waals surface area contributed by atoms with Crippen LogP contribution in [0.5, 0.6) is 5.75 Å². The number of hydrogen-bond donors (Lipinski definition) is 1. The number of aliphatic carboxylic acids is 1. The molecule has 0 bridgehead atoms. The highest BCUT2D eigenvalue weighted by atomic mass is 32.1. The van der Waals surface area contributed by atoms with E-state index in [9.17, 15) is 18.0 Å². The summed E-state index contributed by atoms with van der Waals surface area (Å²) in [6.45, 7) is 0.253. The smallest absolute Gasteiger partial charge is 0.416 e. The third kappa shape index (κ3) is 5.37. The number of rotatable bonds is 8. The summed E-state index contributed by atoms with van der Waals surface area (Å²) in [6.07, 6.45) is -5.04. The van der Waals surface area contributed by atoms with Crippen LogP contribution in [-0.2, 0) is 28.7 Å². The predicted octanol–water partition coefficient (Wildman–Crippen LogP) is 6.20. The number of carbonyl (C=O) groups is 1. The van der Waals surface area contributed by atoms with Crippen LogP contribution in [0.2, 0.25) is 0 Å². The fourth-order valence-corrected chi connectivity index (χ4v) is 4.43. The molecule has 34 heavy (non-hydrogen) atoms. The summed E-state index contributed by atoms with van der Waals surface area (Å²) in [5.74, 6) is -0.405. The number of alkyl halides is 3. The average molecular weight is 487 g/mol. The number of aromatic nitrogens is 1. The molecule has 1 N–H and O–H groups in total. The molecule has 0 fully saturated rings. The minimum absolute atomic E-state index is 0.247. The molecule has 0 aliphatic rings. The number of methoxy groups -OCH3 is 1. The van der Waals surface area contributed by atoms with E-state index in [4.69, 9.17) is 14.6 Å². The van der Waals surface area contributed by atoms with Gasteiger partial charge in [-0.15, -0.1) is 11.3 Å². The van der Waals surface area contributed by atoms with Gasteiger partial charge in [0, 0.05) is 24.7 Å². The van der Waals surface area contributed by atoms with Crippen molar-refractivity contribution < 1.29 is 32.5 Å². The Morgan fingerprint density at radius 2 is 1.76 bits per heavy atom. The second kappa shape index (κ2) is 9.82. The third-order valence-corrected chi connectivity index (χ3v) is 6.33. The number of hydrogen-bond acceptors (Lipinski definition) is 5. The topological polar surface area (TPSA) is 68.7 Å². The van der Waals surface area contributed by atoms with Crippen LogP contribution in [0.3, 0.4) is 0 Å². The summed E-state index contributed by atoms with van der Waals surface area (Å²) in [6, 6.07) is 17.8. The first-order valence-electron chi connectivity index (χ1n) is 10.3. The number of nitrogens with zero attached hydrogens (tertiary/aromatic N) is 1. The molecule has 5 nitrogen and oxygen atoms in total. The Hall–Kier alpha value is -3.43. The third-order valence-electron chi connectivity index (χ3n) is 5.26. The number of fused-ring (bicyclic) bond motifs is 1. The summed E-state index contributed by atoms with van der Waals surface area (Å²) >= 11 is 1.40. The lowest BCUT2D eigenvalue weighted by Gasteiger charge is -2.11. The van der Waals surface area contributed by atoms with E-state index >= 15 is 0 Å². The molecule has 4 rings (SSSR count). The highest BCUT2D eigenvalue weighted by molar-refractivity contribution is 7.21. The molecule has 3 aromatic carbocycles. The first-order chi connectivity index (χ1) is 16.2. The molecule has 1 atom stereocenters. The van der Waals surface area contributed by atoms with Gasteiger partial charge >= 0.3 is 12.1 Å². The molecule has 176 valence electrons. The van der Waals surface area contributed by atoms with Gasteiger partial charge in [0.1, 0.15) is 17.4 Å². The van der Waals surface area contributed by atoms with E-state index in [2.05, 4.69) is 4.98 Å². The Bertz CT molecular complexity index is 1280. The standard InChI is InChI=1S/C25H20F3NO4S/c1-32-20(24(30)31)13-15-5-11-19(12-6-15)33-14-17-3-2-4-21-22(17)29-23(34-21)16-7-9-18(10-8-16)25(26,27)28/h2-12,20H,13-14H2,1H3,(H,30,31)/t20-/m0/s1. The van der Waals surface area contributed by atoms with E-state index < -0.39 is 23.8 Å².